The molecule has 0 heterocycles. The highest BCUT2D eigenvalue weighted by atomic mass is 16.6. The van der Waals surface area contributed by atoms with Gasteiger partial charge >= 0.3 is 5.97 Å². The van der Waals surface area contributed by atoms with E-state index in [0.717, 1.165) is 5.56 Å². The fraction of sp³-hybridized carbons (Fsp3) is 0.333. The van der Waals surface area contributed by atoms with Gasteiger partial charge in [0.1, 0.15) is 5.60 Å². The molecule has 0 unspecified atom stereocenters. The fourth-order valence-electron chi connectivity index (χ4n) is 1.59. The van der Waals surface area contributed by atoms with Gasteiger partial charge in [0.15, 0.2) is 0 Å². The Kier molecular flexibility index (Phi) is 6.02. The van der Waals surface area contributed by atoms with Gasteiger partial charge in [-0.3, -0.25) is 0 Å². The number of rotatable bonds is 5. The molecule has 2 heteroatoms. The van der Waals surface area contributed by atoms with Crippen LogP contribution in [0.25, 0.3) is 0 Å². The second kappa shape index (κ2) is 7.52. The van der Waals surface area contributed by atoms with Crippen molar-refractivity contribution in [1.82, 2.24) is 0 Å². The molecular weight excluding hydrogens is 248 g/mol. The lowest BCUT2D eigenvalue weighted by Gasteiger charge is -2.20. The smallest absolute Gasteiger partial charge is 0.342 e. The molecule has 106 valence electrons. The number of esters is 1. The van der Waals surface area contributed by atoms with Crippen LogP contribution < -0.4 is 0 Å². The van der Waals surface area contributed by atoms with Crippen LogP contribution in [0.1, 0.15) is 32.8 Å². The van der Waals surface area contributed by atoms with E-state index in [9.17, 15) is 4.79 Å². The summed E-state index contributed by atoms with van der Waals surface area (Å²) in [5.41, 5.74) is 4.13. The monoisotopic (exact) mass is 270 g/mol. The molecule has 0 aromatic heterocycles. The van der Waals surface area contributed by atoms with Gasteiger partial charge in [-0.15, -0.1) is 12.3 Å². The number of benzene rings is 1. The topological polar surface area (TPSA) is 26.3 Å². The Morgan fingerprint density at radius 1 is 1.30 bits per heavy atom. The minimum Gasteiger partial charge on any atom is -0.456 e. The van der Waals surface area contributed by atoms with Crippen molar-refractivity contribution < 1.29 is 9.53 Å². The molecule has 0 spiro atoms. The summed E-state index contributed by atoms with van der Waals surface area (Å²) in [5, 5.41) is 0. The zero-order valence-electron chi connectivity index (χ0n) is 12.5. The van der Waals surface area contributed by atoms with Gasteiger partial charge in [-0.2, -0.15) is 0 Å². The van der Waals surface area contributed by atoms with Gasteiger partial charge in [0.2, 0.25) is 0 Å². The summed E-state index contributed by atoms with van der Waals surface area (Å²) >= 11 is 0. The average molecular weight is 270 g/mol. The van der Waals surface area contributed by atoms with Crippen LogP contribution in [0.2, 0.25) is 0 Å². The first kappa shape index (κ1) is 16.0. The number of carbonyl (C=O) groups excluding carboxylic acids is 1. The Balaban J connectivity index is 2.94. The van der Waals surface area contributed by atoms with Crippen molar-refractivity contribution in [3.8, 4) is 0 Å². The van der Waals surface area contributed by atoms with E-state index in [-0.39, 0.29) is 5.97 Å². The summed E-state index contributed by atoms with van der Waals surface area (Å²) in [6.07, 6.45) is 4.77. The normalized spacial score (nSPS) is 10.3. The van der Waals surface area contributed by atoms with E-state index in [0.29, 0.717) is 18.4 Å². The maximum absolute atomic E-state index is 12.2. The second-order valence-corrected chi connectivity index (χ2v) is 5.52. The molecule has 20 heavy (non-hydrogen) atoms. The highest BCUT2D eigenvalue weighted by molar-refractivity contribution is 5.89. The van der Waals surface area contributed by atoms with Crippen LogP contribution in [0.15, 0.2) is 60.4 Å². The molecule has 0 bridgehead atoms. The lowest BCUT2D eigenvalue weighted by atomic mass is 10.1. The van der Waals surface area contributed by atoms with E-state index in [4.69, 9.17) is 4.74 Å². The largest absolute Gasteiger partial charge is 0.456 e. The molecule has 0 aliphatic rings. The van der Waals surface area contributed by atoms with Crippen molar-refractivity contribution in [2.24, 2.45) is 0 Å². The molecule has 2 nitrogen and oxygen atoms in total. The molecular formula is C18H22O2. The summed E-state index contributed by atoms with van der Waals surface area (Å²) < 4.78 is 5.42. The van der Waals surface area contributed by atoms with Gasteiger partial charge in [-0.25, -0.2) is 4.79 Å². The van der Waals surface area contributed by atoms with E-state index in [1.54, 1.807) is 12.2 Å². The minimum absolute atomic E-state index is 0.318. The van der Waals surface area contributed by atoms with Gasteiger partial charge in [0.05, 0.1) is 5.57 Å². The van der Waals surface area contributed by atoms with Crippen LogP contribution >= 0.6 is 0 Å². The van der Waals surface area contributed by atoms with Crippen molar-refractivity contribution in [3.05, 3.63) is 65.9 Å². The third-order valence-corrected chi connectivity index (χ3v) is 2.43. The van der Waals surface area contributed by atoms with Crippen LogP contribution in [0.5, 0.6) is 0 Å². The van der Waals surface area contributed by atoms with Crippen LogP contribution in [0, 0.1) is 0 Å². The Morgan fingerprint density at radius 3 is 2.50 bits per heavy atom. The van der Waals surface area contributed by atoms with Crippen molar-refractivity contribution in [1.29, 1.82) is 0 Å². The number of hydrogen-bond donors (Lipinski definition) is 0. The van der Waals surface area contributed by atoms with Crippen molar-refractivity contribution in [2.45, 2.75) is 39.2 Å². The van der Waals surface area contributed by atoms with Crippen LogP contribution in [-0.4, -0.2) is 11.6 Å². The molecule has 0 atom stereocenters. The third kappa shape index (κ3) is 6.21. The molecule has 0 aliphatic heterocycles. The Morgan fingerprint density at radius 2 is 1.95 bits per heavy atom. The van der Waals surface area contributed by atoms with E-state index < -0.39 is 5.60 Å². The lowest BCUT2D eigenvalue weighted by Crippen LogP contribution is -2.25. The predicted octanol–water partition coefficient (Wildman–Crippen LogP) is 4.23. The third-order valence-electron chi connectivity index (χ3n) is 2.43. The second-order valence-electron chi connectivity index (χ2n) is 5.52. The molecule has 0 radical (unpaired) electrons. The Labute approximate surface area is 121 Å². The number of ether oxygens (including phenoxy) is 1. The SMILES string of the molecule is C=CCC=C=C(Cc1ccccc1)C(=O)OC(C)(C)C. The standard InChI is InChI=1S/C18H22O2/c1-5-6-8-13-16(17(19)20-18(2,3)4)14-15-11-9-7-10-12-15/h5,7-12H,1,6,14H2,2-4H3. The van der Waals surface area contributed by atoms with E-state index in [1.807, 2.05) is 51.1 Å². The zero-order chi connectivity index (χ0) is 15.0. The van der Waals surface area contributed by atoms with Crippen molar-refractivity contribution in [2.75, 3.05) is 0 Å². The first-order valence-electron chi connectivity index (χ1n) is 6.74. The Hall–Kier alpha value is -2.05. The zero-order valence-corrected chi connectivity index (χ0v) is 12.5. The summed E-state index contributed by atoms with van der Waals surface area (Å²) in [6, 6.07) is 9.83. The van der Waals surface area contributed by atoms with Gasteiger partial charge in [0, 0.05) is 6.42 Å². The van der Waals surface area contributed by atoms with E-state index in [2.05, 4.69) is 12.3 Å². The molecule has 0 saturated carbocycles. The van der Waals surface area contributed by atoms with Gasteiger partial charge in [-0.1, -0.05) is 36.4 Å². The van der Waals surface area contributed by atoms with E-state index in [1.165, 1.54) is 0 Å². The fourth-order valence-corrected chi connectivity index (χ4v) is 1.59. The quantitative estimate of drug-likeness (QED) is 0.346. The van der Waals surface area contributed by atoms with Crippen LogP contribution in [-0.2, 0) is 16.0 Å². The first-order valence-corrected chi connectivity index (χ1v) is 6.74. The molecule has 1 aromatic carbocycles. The summed E-state index contributed by atoms with van der Waals surface area (Å²) in [4.78, 5) is 12.2. The molecule has 0 N–H and O–H groups in total. The number of carbonyl (C=O) groups is 1. The molecule has 0 aliphatic carbocycles. The minimum atomic E-state index is -0.501. The molecule has 0 saturated heterocycles. The van der Waals surface area contributed by atoms with Gasteiger partial charge in [0.25, 0.3) is 0 Å². The first-order chi connectivity index (χ1) is 9.42. The van der Waals surface area contributed by atoms with Crippen molar-refractivity contribution >= 4 is 5.97 Å². The van der Waals surface area contributed by atoms with Crippen LogP contribution in [0.3, 0.4) is 0 Å². The van der Waals surface area contributed by atoms with Gasteiger partial charge < -0.3 is 4.74 Å². The highest BCUT2D eigenvalue weighted by Crippen LogP contribution is 2.14. The van der Waals surface area contributed by atoms with Crippen LogP contribution in [0.4, 0.5) is 0 Å². The lowest BCUT2D eigenvalue weighted by molar-refractivity contribution is -0.149. The van der Waals surface area contributed by atoms with Gasteiger partial charge in [-0.05, 0) is 38.8 Å². The summed E-state index contributed by atoms with van der Waals surface area (Å²) in [7, 11) is 0. The number of allylic oxidation sites excluding steroid dienone is 1. The molecule has 1 aromatic rings. The molecule has 0 amide bonds. The van der Waals surface area contributed by atoms with E-state index >= 15 is 0 Å². The maximum Gasteiger partial charge on any atom is 0.342 e. The maximum atomic E-state index is 12.2. The van der Waals surface area contributed by atoms with Crippen molar-refractivity contribution in [3.63, 3.8) is 0 Å². The summed E-state index contributed by atoms with van der Waals surface area (Å²) in [6.45, 7) is 9.23. The average Bonchev–Trinajstić information content (AvgIpc) is 2.37. The predicted molar refractivity (Wildman–Crippen MR) is 82.4 cm³/mol. The Bertz CT molecular complexity index is 512. The molecule has 1 rings (SSSR count). The highest BCUT2D eigenvalue weighted by Gasteiger charge is 2.19. The summed E-state index contributed by atoms with van der Waals surface area (Å²) in [5.74, 6) is -0.318. The number of hydrogen-bond acceptors (Lipinski definition) is 2. The molecule has 0 fully saturated rings.